The van der Waals surface area contributed by atoms with Crippen LogP contribution in [0.25, 0.3) is 0 Å². The number of aromatic nitrogens is 2. The Balaban J connectivity index is 2.39. The van der Waals surface area contributed by atoms with Crippen molar-refractivity contribution in [3.05, 3.63) is 30.0 Å². The molecule has 0 aliphatic rings. The van der Waals surface area contributed by atoms with E-state index in [0.29, 0.717) is 31.9 Å². The Morgan fingerprint density at radius 3 is 2.94 bits per heavy atom. The van der Waals surface area contributed by atoms with Crippen molar-refractivity contribution in [2.24, 2.45) is 0 Å². The Labute approximate surface area is 101 Å². The fourth-order valence-electron chi connectivity index (χ4n) is 1.26. The van der Waals surface area contributed by atoms with E-state index >= 15 is 0 Å². The third kappa shape index (κ3) is 4.48. The van der Waals surface area contributed by atoms with Crippen LogP contribution in [-0.4, -0.2) is 29.7 Å². The van der Waals surface area contributed by atoms with Gasteiger partial charge in [0.2, 0.25) is 0 Å². The van der Waals surface area contributed by atoms with Gasteiger partial charge in [-0.2, -0.15) is 0 Å². The average Bonchev–Trinajstić information content (AvgIpc) is 2.30. The van der Waals surface area contributed by atoms with Crippen LogP contribution in [0.4, 0.5) is 10.2 Å². The number of nitrogens with zero attached hydrogens (tertiary/aromatic N) is 2. The van der Waals surface area contributed by atoms with Crippen LogP contribution < -0.4 is 5.32 Å². The molecule has 17 heavy (non-hydrogen) atoms. The molecule has 5 heteroatoms. The van der Waals surface area contributed by atoms with E-state index in [9.17, 15) is 4.39 Å². The fourth-order valence-corrected chi connectivity index (χ4v) is 1.26. The van der Waals surface area contributed by atoms with Crippen LogP contribution in [0.3, 0.4) is 0 Å². The molecule has 94 valence electrons. The van der Waals surface area contributed by atoms with Gasteiger partial charge in [-0.3, -0.25) is 0 Å². The van der Waals surface area contributed by atoms with Crippen LogP contribution in [0.15, 0.2) is 18.5 Å². The van der Waals surface area contributed by atoms with Crippen LogP contribution in [0, 0.1) is 5.82 Å². The largest absolute Gasteiger partial charge is 0.375 e. The van der Waals surface area contributed by atoms with E-state index in [0.717, 1.165) is 5.57 Å². The highest BCUT2D eigenvalue weighted by molar-refractivity contribution is 5.37. The summed E-state index contributed by atoms with van der Waals surface area (Å²) in [7, 11) is 0. The van der Waals surface area contributed by atoms with E-state index in [4.69, 9.17) is 4.74 Å². The molecule has 0 bridgehead atoms. The summed E-state index contributed by atoms with van der Waals surface area (Å²) in [5, 5.41) is 2.88. The molecule has 0 saturated heterocycles. The summed E-state index contributed by atoms with van der Waals surface area (Å²) in [4.78, 5) is 7.71. The van der Waals surface area contributed by atoms with Gasteiger partial charge in [0.1, 0.15) is 6.33 Å². The summed E-state index contributed by atoms with van der Waals surface area (Å²) in [6, 6.07) is 0. The number of anilines is 1. The van der Waals surface area contributed by atoms with E-state index in [1.54, 1.807) is 0 Å². The lowest BCUT2D eigenvalue weighted by Gasteiger charge is -2.08. The number of aryl methyl sites for hydroxylation is 1. The highest BCUT2D eigenvalue weighted by Crippen LogP contribution is 2.12. The smallest absolute Gasteiger partial charge is 0.186 e. The molecule has 0 atom stereocenters. The Kier molecular flexibility index (Phi) is 5.56. The number of rotatable bonds is 7. The van der Waals surface area contributed by atoms with Crippen molar-refractivity contribution in [1.82, 2.24) is 9.97 Å². The van der Waals surface area contributed by atoms with Gasteiger partial charge in [-0.1, -0.05) is 19.1 Å². The summed E-state index contributed by atoms with van der Waals surface area (Å²) < 4.78 is 19.0. The van der Waals surface area contributed by atoms with E-state index in [1.807, 2.05) is 13.8 Å². The molecular weight excluding hydrogens is 221 g/mol. The summed E-state index contributed by atoms with van der Waals surface area (Å²) in [5.74, 6) is -0.148. The third-order valence-electron chi connectivity index (χ3n) is 2.08. The normalized spacial score (nSPS) is 10.3. The van der Waals surface area contributed by atoms with Crippen molar-refractivity contribution in [1.29, 1.82) is 0 Å². The van der Waals surface area contributed by atoms with E-state index < -0.39 is 0 Å². The summed E-state index contributed by atoms with van der Waals surface area (Å²) in [5.41, 5.74) is 1.39. The van der Waals surface area contributed by atoms with Crippen LogP contribution in [0.2, 0.25) is 0 Å². The Morgan fingerprint density at radius 2 is 2.29 bits per heavy atom. The number of hydrogen-bond acceptors (Lipinski definition) is 4. The Bertz CT molecular complexity index is 382. The summed E-state index contributed by atoms with van der Waals surface area (Å²) in [6.45, 7) is 8.98. The lowest BCUT2D eigenvalue weighted by molar-refractivity contribution is 0.167. The molecule has 0 aromatic carbocycles. The van der Waals surface area contributed by atoms with Gasteiger partial charge in [-0.25, -0.2) is 14.4 Å². The minimum Gasteiger partial charge on any atom is -0.375 e. The predicted octanol–water partition coefficient (Wildman–Crippen LogP) is 2.18. The van der Waals surface area contributed by atoms with E-state index in [2.05, 4.69) is 21.9 Å². The lowest BCUT2D eigenvalue weighted by Crippen LogP contribution is -2.13. The second kappa shape index (κ2) is 6.96. The molecule has 0 amide bonds. The molecule has 1 heterocycles. The molecule has 1 rings (SSSR count). The second-order valence-corrected chi connectivity index (χ2v) is 3.77. The first-order chi connectivity index (χ1) is 8.15. The van der Waals surface area contributed by atoms with Crippen molar-refractivity contribution in [2.45, 2.75) is 20.3 Å². The van der Waals surface area contributed by atoms with Crippen molar-refractivity contribution in [2.75, 3.05) is 25.1 Å². The maximum absolute atomic E-state index is 13.7. The van der Waals surface area contributed by atoms with Crippen LogP contribution >= 0.6 is 0 Å². The average molecular weight is 239 g/mol. The zero-order valence-electron chi connectivity index (χ0n) is 10.3. The molecule has 0 aliphatic heterocycles. The maximum Gasteiger partial charge on any atom is 0.186 e. The first-order valence-corrected chi connectivity index (χ1v) is 5.60. The summed E-state index contributed by atoms with van der Waals surface area (Å²) >= 11 is 0. The zero-order valence-corrected chi connectivity index (χ0v) is 10.3. The quantitative estimate of drug-likeness (QED) is 0.585. The minimum absolute atomic E-state index is 0.232. The highest BCUT2D eigenvalue weighted by Gasteiger charge is 2.08. The molecule has 0 radical (unpaired) electrons. The molecule has 1 aromatic heterocycles. The van der Waals surface area contributed by atoms with Crippen molar-refractivity contribution in [3.8, 4) is 0 Å². The standard InChI is InChI=1S/C12H18FN3O/c1-4-10-11(13)12(16-8-15-10)14-5-6-17-7-9(2)3/h8H,2,4-7H2,1,3H3,(H,14,15,16). The molecule has 0 saturated carbocycles. The number of ether oxygens (including phenoxy) is 1. The Hall–Kier alpha value is -1.49. The van der Waals surface area contributed by atoms with Crippen LogP contribution in [-0.2, 0) is 11.2 Å². The van der Waals surface area contributed by atoms with Crippen molar-refractivity contribution < 1.29 is 9.13 Å². The molecule has 0 fully saturated rings. The van der Waals surface area contributed by atoms with E-state index in [-0.39, 0.29) is 11.6 Å². The SMILES string of the molecule is C=C(C)COCCNc1ncnc(CC)c1F. The first kappa shape index (κ1) is 13.6. The van der Waals surface area contributed by atoms with Crippen LogP contribution in [0.1, 0.15) is 19.5 Å². The zero-order chi connectivity index (χ0) is 12.7. The molecule has 1 N–H and O–H groups in total. The van der Waals surface area contributed by atoms with Crippen molar-refractivity contribution in [3.63, 3.8) is 0 Å². The fraction of sp³-hybridized carbons (Fsp3) is 0.500. The highest BCUT2D eigenvalue weighted by atomic mass is 19.1. The third-order valence-corrected chi connectivity index (χ3v) is 2.08. The molecule has 4 nitrogen and oxygen atoms in total. The number of halogens is 1. The number of nitrogens with one attached hydrogen (secondary N) is 1. The number of hydrogen-bond donors (Lipinski definition) is 1. The second-order valence-electron chi connectivity index (χ2n) is 3.77. The Morgan fingerprint density at radius 1 is 1.53 bits per heavy atom. The predicted molar refractivity (Wildman–Crippen MR) is 65.5 cm³/mol. The van der Waals surface area contributed by atoms with Gasteiger partial charge in [0.05, 0.1) is 18.9 Å². The van der Waals surface area contributed by atoms with Crippen LogP contribution in [0.5, 0.6) is 0 Å². The van der Waals surface area contributed by atoms with Gasteiger partial charge < -0.3 is 10.1 Å². The topological polar surface area (TPSA) is 47.0 Å². The molecule has 0 unspecified atom stereocenters. The maximum atomic E-state index is 13.7. The molecule has 1 aromatic rings. The molecular formula is C12H18FN3O. The van der Waals surface area contributed by atoms with Gasteiger partial charge in [0, 0.05) is 6.54 Å². The lowest BCUT2D eigenvalue weighted by atomic mass is 10.3. The first-order valence-electron chi connectivity index (χ1n) is 5.60. The summed E-state index contributed by atoms with van der Waals surface area (Å²) in [6.07, 6.45) is 1.91. The minimum atomic E-state index is -0.380. The monoisotopic (exact) mass is 239 g/mol. The van der Waals surface area contributed by atoms with Gasteiger partial charge in [-0.15, -0.1) is 0 Å². The molecule has 0 aliphatic carbocycles. The van der Waals surface area contributed by atoms with Gasteiger partial charge in [0.25, 0.3) is 0 Å². The van der Waals surface area contributed by atoms with Crippen molar-refractivity contribution >= 4 is 5.82 Å². The van der Waals surface area contributed by atoms with Gasteiger partial charge in [0.15, 0.2) is 11.6 Å². The van der Waals surface area contributed by atoms with Gasteiger partial charge >= 0.3 is 0 Å². The van der Waals surface area contributed by atoms with Gasteiger partial charge in [-0.05, 0) is 13.3 Å². The van der Waals surface area contributed by atoms with E-state index in [1.165, 1.54) is 6.33 Å². The molecule has 0 spiro atoms.